The Hall–Kier alpha value is -2.77. The summed E-state index contributed by atoms with van der Waals surface area (Å²) in [4.78, 5) is 26.2. The number of amides is 2. The summed E-state index contributed by atoms with van der Waals surface area (Å²) < 4.78 is 19.9. The van der Waals surface area contributed by atoms with E-state index in [0.717, 1.165) is 11.3 Å². The number of hydrogen-bond donors (Lipinski definition) is 1. The van der Waals surface area contributed by atoms with E-state index in [1.807, 2.05) is 13.8 Å². The second kappa shape index (κ2) is 8.71. The van der Waals surface area contributed by atoms with E-state index in [1.165, 1.54) is 24.3 Å². The highest BCUT2D eigenvalue weighted by molar-refractivity contribution is 7.80. The number of anilines is 1. The van der Waals surface area contributed by atoms with Gasteiger partial charge in [0.2, 0.25) is 0 Å². The number of thiocarbonyl (C=S) groups is 1. The Balaban J connectivity index is 1.95. The van der Waals surface area contributed by atoms with Gasteiger partial charge in [-0.2, -0.15) is 0 Å². The molecule has 2 aromatic carbocycles. The fraction of sp³-hybridized carbons (Fsp3) is 0.190. The van der Waals surface area contributed by atoms with Crippen LogP contribution in [0.2, 0.25) is 5.02 Å². The number of para-hydroxylation sites is 1. The van der Waals surface area contributed by atoms with Gasteiger partial charge in [-0.1, -0.05) is 36.7 Å². The van der Waals surface area contributed by atoms with E-state index in [2.05, 4.69) is 5.32 Å². The van der Waals surface area contributed by atoms with E-state index in [0.29, 0.717) is 16.3 Å². The van der Waals surface area contributed by atoms with Gasteiger partial charge in [-0.25, -0.2) is 9.29 Å². The number of halogens is 2. The van der Waals surface area contributed by atoms with Crippen LogP contribution in [0.15, 0.2) is 48.0 Å². The molecule has 5 nitrogen and oxygen atoms in total. The van der Waals surface area contributed by atoms with Crippen molar-refractivity contribution in [1.82, 2.24) is 5.32 Å². The van der Waals surface area contributed by atoms with Crippen molar-refractivity contribution in [1.29, 1.82) is 0 Å². The summed E-state index contributed by atoms with van der Waals surface area (Å²) in [5.74, 6) is -1.51. The highest BCUT2D eigenvalue weighted by atomic mass is 35.5. The quantitative estimate of drug-likeness (QED) is 0.429. The number of ether oxygens (including phenoxy) is 1. The first kappa shape index (κ1) is 21.0. The molecule has 150 valence electrons. The lowest BCUT2D eigenvalue weighted by Gasteiger charge is -2.29. The monoisotopic (exact) mass is 432 g/mol. The van der Waals surface area contributed by atoms with Crippen molar-refractivity contribution in [2.45, 2.75) is 26.4 Å². The minimum absolute atomic E-state index is 0.00209. The van der Waals surface area contributed by atoms with Gasteiger partial charge in [0, 0.05) is 0 Å². The van der Waals surface area contributed by atoms with Crippen LogP contribution in [0.4, 0.5) is 10.1 Å². The molecule has 0 aliphatic carbocycles. The number of benzene rings is 2. The third-order valence-electron chi connectivity index (χ3n) is 4.37. The van der Waals surface area contributed by atoms with Crippen molar-refractivity contribution in [2.75, 3.05) is 4.90 Å². The molecule has 0 bridgehead atoms. The lowest BCUT2D eigenvalue weighted by Crippen LogP contribution is -2.54. The van der Waals surface area contributed by atoms with Crippen LogP contribution in [-0.2, 0) is 9.59 Å². The van der Waals surface area contributed by atoms with Crippen molar-refractivity contribution in [3.05, 3.63) is 64.4 Å². The maximum absolute atomic E-state index is 14.2. The Bertz CT molecular complexity index is 1020. The Morgan fingerprint density at radius 2 is 2.00 bits per heavy atom. The molecule has 0 aromatic heterocycles. The molecule has 0 spiro atoms. The predicted octanol–water partition coefficient (Wildman–Crippen LogP) is 4.49. The van der Waals surface area contributed by atoms with Crippen molar-refractivity contribution < 1.29 is 18.7 Å². The number of carbonyl (C=O) groups is 2. The molecule has 2 amide bonds. The molecule has 3 rings (SSSR count). The van der Waals surface area contributed by atoms with Crippen molar-refractivity contribution in [3.8, 4) is 5.75 Å². The van der Waals surface area contributed by atoms with Crippen LogP contribution in [0.5, 0.6) is 5.75 Å². The van der Waals surface area contributed by atoms with E-state index in [-0.39, 0.29) is 22.5 Å². The van der Waals surface area contributed by atoms with E-state index in [1.54, 1.807) is 24.3 Å². The van der Waals surface area contributed by atoms with Gasteiger partial charge in [-0.05, 0) is 61.5 Å². The predicted molar refractivity (Wildman–Crippen MR) is 114 cm³/mol. The minimum atomic E-state index is -0.722. The van der Waals surface area contributed by atoms with Crippen LogP contribution in [0.3, 0.4) is 0 Å². The third kappa shape index (κ3) is 4.46. The van der Waals surface area contributed by atoms with Gasteiger partial charge in [0.15, 0.2) is 5.11 Å². The highest BCUT2D eigenvalue weighted by Crippen LogP contribution is 2.29. The first-order chi connectivity index (χ1) is 13.8. The zero-order valence-electron chi connectivity index (χ0n) is 15.7. The summed E-state index contributed by atoms with van der Waals surface area (Å²) in [6.45, 7) is 3.92. The average molecular weight is 433 g/mol. The smallest absolute Gasteiger partial charge is 0.270 e. The summed E-state index contributed by atoms with van der Waals surface area (Å²) in [6, 6.07) is 10.6. The summed E-state index contributed by atoms with van der Waals surface area (Å²) >= 11 is 11.3. The summed E-state index contributed by atoms with van der Waals surface area (Å²) in [7, 11) is 0. The van der Waals surface area contributed by atoms with Gasteiger partial charge >= 0.3 is 0 Å². The average Bonchev–Trinajstić information content (AvgIpc) is 2.68. The van der Waals surface area contributed by atoms with Gasteiger partial charge < -0.3 is 4.74 Å². The molecule has 1 aliphatic rings. The highest BCUT2D eigenvalue weighted by Gasteiger charge is 2.35. The summed E-state index contributed by atoms with van der Waals surface area (Å²) in [6.07, 6.45) is 2.20. The van der Waals surface area contributed by atoms with Crippen molar-refractivity contribution >= 4 is 52.5 Å². The molecule has 1 heterocycles. The molecule has 1 unspecified atom stereocenters. The molecule has 2 aromatic rings. The zero-order valence-corrected chi connectivity index (χ0v) is 17.3. The standard InChI is InChI=1S/C21H18ClFN2O3S/c1-3-12(2)28-18-9-8-13(11-15(18)22)10-14-19(26)24-21(29)25(20(14)27)17-7-5-4-6-16(17)23/h4-12H,3H2,1-2H3,(H,24,26,29). The van der Waals surface area contributed by atoms with Gasteiger partial charge in [-0.15, -0.1) is 0 Å². The second-order valence-electron chi connectivity index (χ2n) is 6.44. The van der Waals surface area contributed by atoms with Crippen molar-refractivity contribution in [2.24, 2.45) is 0 Å². The Morgan fingerprint density at radius 3 is 2.66 bits per heavy atom. The Morgan fingerprint density at radius 1 is 1.28 bits per heavy atom. The molecular weight excluding hydrogens is 415 g/mol. The molecule has 1 saturated heterocycles. The Labute approximate surface area is 178 Å². The van der Waals surface area contributed by atoms with Gasteiger partial charge in [0.1, 0.15) is 17.1 Å². The minimum Gasteiger partial charge on any atom is -0.489 e. The lowest BCUT2D eigenvalue weighted by molar-refractivity contribution is -0.122. The van der Waals surface area contributed by atoms with Crippen LogP contribution in [0.25, 0.3) is 6.08 Å². The summed E-state index contributed by atoms with van der Waals surface area (Å²) in [5, 5.41) is 2.59. The summed E-state index contributed by atoms with van der Waals surface area (Å²) in [5.41, 5.74) is 0.295. The van der Waals surface area contributed by atoms with Gasteiger partial charge in [-0.3, -0.25) is 14.9 Å². The van der Waals surface area contributed by atoms with Crippen LogP contribution in [-0.4, -0.2) is 23.0 Å². The third-order valence-corrected chi connectivity index (χ3v) is 4.95. The second-order valence-corrected chi connectivity index (χ2v) is 7.23. The fourth-order valence-corrected chi connectivity index (χ4v) is 3.19. The molecule has 1 aliphatic heterocycles. The van der Waals surface area contributed by atoms with Crippen LogP contribution < -0.4 is 15.0 Å². The number of hydrogen-bond acceptors (Lipinski definition) is 4. The fourth-order valence-electron chi connectivity index (χ4n) is 2.68. The van der Waals surface area contributed by atoms with E-state index in [9.17, 15) is 14.0 Å². The first-order valence-electron chi connectivity index (χ1n) is 8.94. The van der Waals surface area contributed by atoms with E-state index in [4.69, 9.17) is 28.6 Å². The molecular formula is C21H18ClFN2O3S. The van der Waals surface area contributed by atoms with Gasteiger partial charge in [0.05, 0.1) is 16.8 Å². The van der Waals surface area contributed by atoms with E-state index < -0.39 is 17.6 Å². The molecule has 29 heavy (non-hydrogen) atoms. The molecule has 8 heteroatoms. The normalized spacial score (nSPS) is 16.8. The first-order valence-corrected chi connectivity index (χ1v) is 9.72. The topological polar surface area (TPSA) is 58.6 Å². The zero-order chi connectivity index (χ0) is 21.1. The van der Waals surface area contributed by atoms with Crippen LogP contribution in [0.1, 0.15) is 25.8 Å². The van der Waals surface area contributed by atoms with Crippen LogP contribution >= 0.6 is 23.8 Å². The van der Waals surface area contributed by atoms with Crippen molar-refractivity contribution in [3.63, 3.8) is 0 Å². The lowest BCUT2D eigenvalue weighted by atomic mass is 10.1. The van der Waals surface area contributed by atoms with E-state index >= 15 is 0 Å². The molecule has 1 atom stereocenters. The number of carbonyl (C=O) groups excluding carboxylic acids is 2. The largest absolute Gasteiger partial charge is 0.489 e. The number of nitrogens with zero attached hydrogens (tertiary/aromatic N) is 1. The molecule has 1 fully saturated rings. The van der Waals surface area contributed by atoms with Gasteiger partial charge in [0.25, 0.3) is 11.8 Å². The Kier molecular flexibility index (Phi) is 6.30. The SMILES string of the molecule is CCC(C)Oc1ccc(C=C2C(=O)NC(=S)N(c3ccccc3F)C2=O)cc1Cl. The number of rotatable bonds is 5. The maximum atomic E-state index is 14.2. The molecule has 0 saturated carbocycles. The van der Waals surface area contributed by atoms with Crippen LogP contribution in [0, 0.1) is 5.82 Å². The number of nitrogens with one attached hydrogen (secondary N) is 1. The molecule has 1 N–H and O–H groups in total. The maximum Gasteiger partial charge on any atom is 0.270 e. The molecule has 0 radical (unpaired) electrons.